The van der Waals surface area contributed by atoms with Gasteiger partial charge in [-0.1, -0.05) is 41.6 Å². The van der Waals surface area contributed by atoms with E-state index in [1.807, 2.05) is 48.5 Å². The first-order valence-corrected chi connectivity index (χ1v) is 8.81. The van der Waals surface area contributed by atoms with Crippen molar-refractivity contribution in [2.24, 2.45) is 0 Å². The van der Waals surface area contributed by atoms with Crippen LogP contribution in [0.25, 0.3) is 11.3 Å². The smallest absolute Gasteiger partial charge is 0.277 e. The van der Waals surface area contributed by atoms with E-state index in [2.05, 4.69) is 10.5 Å². The molecular weight excluding hydrogens is 342 g/mol. The zero-order chi connectivity index (χ0) is 18.8. The number of nitrogens with zero attached hydrogens (tertiary/aromatic N) is 2. The van der Waals surface area contributed by atoms with Gasteiger partial charge in [0.2, 0.25) is 5.91 Å². The Morgan fingerprint density at radius 2 is 1.89 bits per heavy atom. The van der Waals surface area contributed by atoms with Gasteiger partial charge >= 0.3 is 0 Å². The standard InChI is InChI=1S/C21H19N3O3/c1-14(25)24-10-9-15-7-8-18(11-17(15)13-24)22-21(26)19-12-20(27-23-19)16-5-3-2-4-6-16/h2-8,11-12H,9-10,13H2,1H3,(H,22,26). The third-order valence-corrected chi connectivity index (χ3v) is 4.72. The molecule has 0 atom stereocenters. The van der Waals surface area contributed by atoms with Crippen molar-refractivity contribution in [3.05, 3.63) is 71.4 Å². The zero-order valence-corrected chi connectivity index (χ0v) is 14.9. The fraction of sp³-hybridized carbons (Fsp3) is 0.190. The summed E-state index contributed by atoms with van der Waals surface area (Å²) in [7, 11) is 0. The highest BCUT2D eigenvalue weighted by Gasteiger charge is 2.19. The number of carbonyl (C=O) groups is 2. The first-order chi connectivity index (χ1) is 13.1. The van der Waals surface area contributed by atoms with Crippen molar-refractivity contribution in [3.8, 4) is 11.3 Å². The molecule has 2 amide bonds. The van der Waals surface area contributed by atoms with Crippen LogP contribution in [0.15, 0.2) is 59.1 Å². The molecule has 136 valence electrons. The van der Waals surface area contributed by atoms with Gasteiger partial charge in [0.25, 0.3) is 5.91 Å². The maximum Gasteiger partial charge on any atom is 0.277 e. The number of benzene rings is 2. The molecule has 6 nitrogen and oxygen atoms in total. The summed E-state index contributed by atoms with van der Waals surface area (Å²) in [6, 6.07) is 16.9. The van der Waals surface area contributed by atoms with Crippen molar-refractivity contribution < 1.29 is 14.1 Å². The van der Waals surface area contributed by atoms with Crippen molar-refractivity contribution in [2.45, 2.75) is 19.9 Å². The van der Waals surface area contributed by atoms with Crippen molar-refractivity contribution in [1.82, 2.24) is 10.1 Å². The largest absolute Gasteiger partial charge is 0.355 e. The van der Waals surface area contributed by atoms with Gasteiger partial charge in [0.05, 0.1) is 0 Å². The van der Waals surface area contributed by atoms with Gasteiger partial charge in [0.15, 0.2) is 11.5 Å². The van der Waals surface area contributed by atoms with E-state index in [1.54, 1.807) is 17.9 Å². The molecule has 6 heteroatoms. The molecule has 1 aliphatic heterocycles. The summed E-state index contributed by atoms with van der Waals surface area (Å²) >= 11 is 0. The fourth-order valence-electron chi connectivity index (χ4n) is 3.22. The topological polar surface area (TPSA) is 75.4 Å². The summed E-state index contributed by atoms with van der Waals surface area (Å²) < 4.78 is 5.29. The summed E-state index contributed by atoms with van der Waals surface area (Å²) in [5.74, 6) is 0.273. The maximum absolute atomic E-state index is 12.5. The average molecular weight is 361 g/mol. The molecule has 0 spiro atoms. The van der Waals surface area contributed by atoms with E-state index < -0.39 is 0 Å². The van der Waals surface area contributed by atoms with E-state index in [4.69, 9.17) is 4.52 Å². The minimum absolute atomic E-state index is 0.0612. The van der Waals surface area contributed by atoms with Gasteiger partial charge in [-0.05, 0) is 29.7 Å². The van der Waals surface area contributed by atoms with Crippen LogP contribution in [0.2, 0.25) is 0 Å². The molecule has 0 saturated carbocycles. The second kappa shape index (κ2) is 7.07. The lowest BCUT2D eigenvalue weighted by atomic mass is 9.99. The van der Waals surface area contributed by atoms with Crippen molar-refractivity contribution in [2.75, 3.05) is 11.9 Å². The number of nitrogens with one attached hydrogen (secondary N) is 1. The Morgan fingerprint density at radius 1 is 1.07 bits per heavy atom. The summed E-state index contributed by atoms with van der Waals surface area (Å²) in [5.41, 5.74) is 4.02. The van der Waals surface area contributed by atoms with Gasteiger partial charge in [-0.15, -0.1) is 0 Å². The van der Waals surface area contributed by atoms with Gasteiger partial charge < -0.3 is 14.7 Å². The van der Waals surface area contributed by atoms with Crippen LogP contribution in [0.5, 0.6) is 0 Å². The zero-order valence-electron chi connectivity index (χ0n) is 14.9. The molecule has 0 aliphatic carbocycles. The van der Waals surface area contributed by atoms with Crippen LogP contribution in [-0.2, 0) is 17.8 Å². The minimum Gasteiger partial charge on any atom is -0.355 e. The van der Waals surface area contributed by atoms with Crippen LogP contribution < -0.4 is 5.32 Å². The van der Waals surface area contributed by atoms with Gasteiger partial charge in [0, 0.05) is 37.3 Å². The van der Waals surface area contributed by atoms with E-state index in [-0.39, 0.29) is 17.5 Å². The third kappa shape index (κ3) is 3.60. The highest BCUT2D eigenvalue weighted by Crippen LogP contribution is 2.24. The van der Waals surface area contributed by atoms with Crippen LogP contribution in [0.1, 0.15) is 28.5 Å². The second-order valence-electron chi connectivity index (χ2n) is 6.57. The highest BCUT2D eigenvalue weighted by atomic mass is 16.5. The van der Waals surface area contributed by atoms with Crippen molar-refractivity contribution >= 4 is 17.5 Å². The summed E-state index contributed by atoms with van der Waals surface area (Å²) in [4.78, 5) is 25.9. The molecule has 0 unspecified atom stereocenters. The van der Waals surface area contributed by atoms with E-state index in [0.29, 0.717) is 18.0 Å². The number of hydrogen-bond acceptors (Lipinski definition) is 4. The maximum atomic E-state index is 12.5. The SMILES string of the molecule is CC(=O)N1CCc2ccc(NC(=O)c3cc(-c4ccccc4)on3)cc2C1. The Hall–Kier alpha value is -3.41. The molecule has 27 heavy (non-hydrogen) atoms. The average Bonchev–Trinajstić information content (AvgIpc) is 3.18. The Kier molecular flexibility index (Phi) is 4.46. The molecule has 2 heterocycles. The Bertz CT molecular complexity index is 995. The number of rotatable bonds is 3. The highest BCUT2D eigenvalue weighted by molar-refractivity contribution is 6.03. The molecule has 2 aromatic carbocycles. The number of fused-ring (bicyclic) bond motifs is 1. The predicted octanol–water partition coefficient (Wildman–Crippen LogP) is 3.50. The quantitative estimate of drug-likeness (QED) is 0.775. The predicted molar refractivity (Wildman–Crippen MR) is 101 cm³/mol. The van der Waals surface area contributed by atoms with Crippen LogP contribution in [0.3, 0.4) is 0 Å². The lowest BCUT2D eigenvalue weighted by Crippen LogP contribution is -2.34. The van der Waals surface area contributed by atoms with Gasteiger partial charge in [-0.2, -0.15) is 0 Å². The Morgan fingerprint density at radius 3 is 2.67 bits per heavy atom. The van der Waals surface area contributed by atoms with E-state index >= 15 is 0 Å². The van der Waals surface area contributed by atoms with Gasteiger partial charge in [-0.25, -0.2) is 0 Å². The molecule has 4 rings (SSSR count). The first kappa shape index (κ1) is 17.0. The van der Waals surface area contributed by atoms with Crippen LogP contribution in [0.4, 0.5) is 5.69 Å². The number of carbonyl (C=O) groups excluding carboxylic acids is 2. The number of aromatic nitrogens is 1. The lowest BCUT2D eigenvalue weighted by molar-refractivity contribution is -0.129. The normalized spacial score (nSPS) is 13.1. The number of amides is 2. The molecule has 3 aromatic rings. The molecule has 1 aliphatic rings. The van der Waals surface area contributed by atoms with Crippen LogP contribution in [-0.4, -0.2) is 28.4 Å². The third-order valence-electron chi connectivity index (χ3n) is 4.72. The van der Waals surface area contributed by atoms with Gasteiger partial charge in [-0.3, -0.25) is 9.59 Å². The minimum atomic E-state index is -0.333. The monoisotopic (exact) mass is 361 g/mol. The molecule has 0 fully saturated rings. The number of anilines is 1. The molecule has 0 bridgehead atoms. The van der Waals surface area contributed by atoms with Crippen LogP contribution >= 0.6 is 0 Å². The van der Waals surface area contributed by atoms with Gasteiger partial charge in [0.1, 0.15) is 0 Å². The van der Waals surface area contributed by atoms with Crippen molar-refractivity contribution in [3.63, 3.8) is 0 Å². The summed E-state index contributed by atoms with van der Waals surface area (Å²) in [6.45, 7) is 2.87. The molecule has 1 N–H and O–H groups in total. The fourth-order valence-corrected chi connectivity index (χ4v) is 3.22. The van der Waals surface area contributed by atoms with Crippen molar-refractivity contribution in [1.29, 1.82) is 0 Å². The summed E-state index contributed by atoms with van der Waals surface area (Å²) in [5, 5.41) is 6.72. The van der Waals surface area contributed by atoms with Crippen LogP contribution in [0, 0.1) is 0 Å². The van der Waals surface area contributed by atoms with E-state index in [0.717, 1.165) is 24.1 Å². The van der Waals surface area contributed by atoms with E-state index in [9.17, 15) is 9.59 Å². The first-order valence-electron chi connectivity index (χ1n) is 8.81. The molecule has 0 radical (unpaired) electrons. The number of hydrogen-bond donors (Lipinski definition) is 1. The molecule has 0 saturated heterocycles. The second-order valence-corrected chi connectivity index (χ2v) is 6.57. The summed E-state index contributed by atoms with van der Waals surface area (Å²) in [6.07, 6.45) is 0.826. The Labute approximate surface area is 156 Å². The Balaban J connectivity index is 1.50. The molecule has 1 aromatic heterocycles. The van der Waals surface area contributed by atoms with E-state index in [1.165, 1.54) is 5.56 Å². The molecular formula is C21H19N3O3. The lowest BCUT2D eigenvalue weighted by Gasteiger charge is -2.28.